The molecule has 27 heavy (non-hydrogen) atoms. The first-order valence-electron chi connectivity index (χ1n) is 8.00. The van der Waals surface area contributed by atoms with Crippen molar-refractivity contribution in [3.05, 3.63) is 70.2 Å². The number of ether oxygens (including phenoxy) is 1. The van der Waals surface area contributed by atoms with Gasteiger partial charge in [0.05, 0.1) is 19.1 Å². The Kier molecular flexibility index (Phi) is 5.41. The van der Waals surface area contributed by atoms with Gasteiger partial charge in [-0.15, -0.1) is 0 Å². The number of amides is 1. The molecule has 0 aromatic heterocycles. The fraction of sp³-hybridized carbons (Fsp3) is 0.150. The first kappa shape index (κ1) is 19.2. The normalized spacial score (nSPS) is 11.4. The average Bonchev–Trinajstić information content (AvgIpc) is 2.61. The molecule has 0 fully saturated rings. The number of hydrogen-bond donors (Lipinski definition) is 1. The Labute approximate surface area is 162 Å². The van der Waals surface area contributed by atoms with Crippen LogP contribution in [0.4, 0.5) is 18.9 Å². The molecular formula is C20H15BrF3NO2. The molecule has 0 aliphatic carbocycles. The number of alkyl halides is 3. The molecule has 0 radical (unpaired) electrons. The van der Waals surface area contributed by atoms with Crippen LogP contribution in [0.25, 0.3) is 10.8 Å². The maximum atomic E-state index is 12.8. The Morgan fingerprint density at radius 1 is 1.11 bits per heavy atom. The van der Waals surface area contributed by atoms with Gasteiger partial charge in [0, 0.05) is 15.7 Å². The zero-order chi connectivity index (χ0) is 19.6. The lowest BCUT2D eigenvalue weighted by molar-refractivity contribution is -0.137. The molecule has 3 aromatic rings. The summed E-state index contributed by atoms with van der Waals surface area (Å²) in [6.45, 7) is 0. The number of halogens is 4. The van der Waals surface area contributed by atoms with Gasteiger partial charge in [-0.25, -0.2) is 0 Å². The lowest BCUT2D eigenvalue weighted by Crippen LogP contribution is -2.16. The monoisotopic (exact) mass is 437 g/mol. The highest BCUT2D eigenvalue weighted by Crippen LogP contribution is 2.32. The van der Waals surface area contributed by atoms with Crippen LogP contribution in [-0.4, -0.2) is 13.0 Å². The van der Waals surface area contributed by atoms with Gasteiger partial charge in [-0.3, -0.25) is 4.79 Å². The highest BCUT2D eigenvalue weighted by atomic mass is 79.9. The van der Waals surface area contributed by atoms with E-state index in [2.05, 4.69) is 21.2 Å². The van der Waals surface area contributed by atoms with Gasteiger partial charge in [-0.1, -0.05) is 34.1 Å². The summed E-state index contributed by atoms with van der Waals surface area (Å²) < 4.78 is 44.7. The summed E-state index contributed by atoms with van der Waals surface area (Å²) in [5.74, 6) is 0.118. The first-order chi connectivity index (χ1) is 12.8. The van der Waals surface area contributed by atoms with Gasteiger partial charge >= 0.3 is 6.18 Å². The van der Waals surface area contributed by atoms with E-state index in [-0.39, 0.29) is 12.1 Å². The number of hydrogen-bond acceptors (Lipinski definition) is 2. The van der Waals surface area contributed by atoms with Crippen LogP contribution in [0, 0.1) is 0 Å². The lowest BCUT2D eigenvalue weighted by Gasteiger charge is -2.13. The topological polar surface area (TPSA) is 38.3 Å². The van der Waals surface area contributed by atoms with Crippen molar-refractivity contribution in [1.82, 2.24) is 0 Å². The highest BCUT2D eigenvalue weighted by Gasteiger charge is 2.30. The number of benzene rings is 3. The van der Waals surface area contributed by atoms with Crippen molar-refractivity contribution in [2.24, 2.45) is 0 Å². The minimum atomic E-state index is -4.47. The summed E-state index contributed by atoms with van der Waals surface area (Å²) >= 11 is 3.41. The summed E-state index contributed by atoms with van der Waals surface area (Å²) in [5, 5.41) is 4.29. The van der Waals surface area contributed by atoms with Crippen LogP contribution in [-0.2, 0) is 17.4 Å². The van der Waals surface area contributed by atoms with E-state index in [1.165, 1.54) is 19.2 Å². The van der Waals surface area contributed by atoms with Crippen molar-refractivity contribution >= 4 is 38.3 Å². The molecule has 3 aromatic carbocycles. The molecule has 0 saturated heterocycles. The third-order valence-corrected chi connectivity index (χ3v) is 4.57. The molecule has 0 unspecified atom stereocenters. The van der Waals surface area contributed by atoms with Crippen LogP contribution in [0.5, 0.6) is 5.75 Å². The molecule has 7 heteroatoms. The summed E-state index contributed by atoms with van der Waals surface area (Å²) in [6.07, 6.45) is -4.49. The summed E-state index contributed by atoms with van der Waals surface area (Å²) in [4.78, 5) is 12.5. The van der Waals surface area contributed by atoms with E-state index in [1.54, 1.807) is 6.07 Å². The van der Waals surface area contributed by atoms with Crippen LogP contribution in [0.1, 0.15) is 11.1 Å². The van der Waals surface area contributed by atoms with Crippen molar-refractivity contribution in [3.8, 4) is 5.75 Å². The minimum absolute atomic E-state index is 0.0294. The lowest BCUT2D eigenvalue weighted by atomic mass is 10.0. The number of carbonyl (C=O) groups is 1. The molecule has 3 nitrogen and oxygen atoms in total. The van der Waals surface area contributed by atoms with Crippen LogP contribution in [0.15, 0.2) is 59.1 Å². The predicted octanol–water partition coefficient (Wildman–Crippen LogP) is 5.81. The quantitative estimate of drug-likeness (QED) is 0.559. The summed E-state index contributed by atoms with van der Waals surface area (Å²) in [7, 11) is 1.51. The van der Waals surface area contributed by atoms with E-state index in [1.807, 2.05) is 24.3 Å². The molecule has 0 aliphatic rings. The zero-order valence-electron chi connectivity index (χ0n) is 14.2. The van der Waals surface area contributed by atoms with E-state index >= 15 is 0 Å². The Morgan fingerprint density at radius 3 is 2.59 bits per heavy atom. The smallest absolute Gasteiger partial charge is 0.416 e. The predicted molar refractivity (Wildman–Crippen MR) is 102 cm³/mol. The largest absolute Gasteiger partial charge is 0.496 e. The molecule has 3 rings (SSSR count). The third kappa shape index (κ3) is 4.42. The molecule has 0 spiro atoms. The van der Waals surface area contributed by atoms with Gasteiger partial charge in [-0.2, -0.15) is 13.2 Å². The van der Waals surface area contributed by atoms with Gasteiger partial charge in [-0.05, 0) is 47.2 Å². The molecule has 1 amide bonds. The second-order valence-electron chi connectivity index (χ2n) is 5.92. The molecule has 0 heterocycles. The number of fused-ring (bicyclic) bond motifs is 1. The Morgan fingerprint density at radius 2 is 1.89 bits per heavy atom. The molecule has 1 N–H and O–H groups in total. The fourth-order valence-electron chi connectivity index (χ4n) is 2.86. The van der Waals surface area contributed by atoms with E-state index in [0.717, 1.165) is 27.4 Å². The van der Waals surface area contributed by atoms with Crippen molar-refractivity contribution < 1.29 is 22.7 Å². The first-order valence-corrected chi connectivity index (χ1v) is 8.79. The zero-order valence-corrected chi connectivity index (χ0v) is 15.8. The standard InChI is InChI=1S/C20H15BrF3NO2/c1-27-18-8-5-12-9-14(21)6-7-16(12)17(18)11-19(26)25-15-4-2-3-13(10-15)20(22,23)24/h2-10H,11H2,1H3,(H,25,26). The van der Waals surface area contributed by atoms with Crippen LogP contribution >= 0.6 is 15.9 Å². The summed E-state index contributed by atoms with van der Waals surface area (Å²) in [6, 6.07) is 13.8. The number of methoxy groups -OCH3 is 1. The van der Waals surface area contributed by atoms with Crippen molar-refractivity contribution in [2.75, 3.05) is 12.4 Å². The Balaban J connectivity index is 1.88. The van der Waals surface area contributed by atoms with Crippen LogP contribution in [0.2, 0.25) is 0 Å². The highest BCUT2D eigenvalue weighted by molar-refractivity contribution is 9.10. The third-order valence-electron chi connectivity index (χ3n) is 4.08. The molecule has 0 aliphatic heterocycles. The molecular weight excluding hydrogens is 423 g/mol. The van der Waals surface area contributed by atoms with E-state index in [9.17, 15) is 18.0 Å². The van der Waals surface area contributed by atoms with Gasteiger partial charge in [0.2, 0.25) is 5.91 Å². The van der Waals surface area contributed by atoms with E-state index in [4.69, 9.17) is 4.74 Å². The Bertz CT molecular complexity index is 1000. The SMILES string of the molecule is COc1ccc2cc(Br)ccc2c1CC(=O)Nc1cccc(C(F)(F)F)c1. The molecule has 0 bridgehead atoms. The maximum Gasteiger partial charge on any atom is 0.416 e. The van der Waals surface area contributed by atoms with Gasteiger partial charge in [0.25, 0.3) is 0 Å². The molecule has 140 valence electrons. The van der Waals surface area contributed by atoms with Gasteiger partial charge < -0.3 is 10.1 Å². The second-order valence-corrected chi connectivity index (χ2v) is 6.83. The number of carbonyl (C=O) groups excluding carboxylic acids is 1. The maximum absolute atomic E-state index is 12.8. The number of nitrogens with one attached hydrogen (secondary N) is 1. The van der Waals surface area contributed by atoms with Gasteiger partial charge in [0.1, 0.15) is 5.75 Å². The van der Waals surface area contributed by atoms with Crippen molar-refractivity contribution in [2.45, 2.75) is 12.6 Å². The van der Waals surface area contributed by atoms with Crippen LogP contribution < -0.4 is 10.1 Å². The van der Waals surface area contributed by atoms with Crippen molar-refractivity contribution in [1.29, 1.82) is 0 Å². The van der Waals surface area contributed by atoms with Crippen molar-refractivity contribution in [3.63, 3.8) is 0 Å². The molecule has 0 saturated carbocycles. The summed E-state index contributed by atoms with van der Waals surface area (Å²) in [5.41, 5.74) is -0.0448. The number of anilines is 1. The van der Waals surface area contributed by atoms with Gasteiger partial charge in [0.15, 0.2) is 0 Å². The fourth-order valence-corrected chi connectivity index (χ4v) is 3.24. The Hall–Kier alpha value is -2.54. The minimum Gasteiger partial charge on any atom is -0.496 e. The van der Waals surface area contributed by atoms with E-state index in [0.29, 0.717) is 11.3 Å². The van der Waals surface area contributed by atoms with Crippen LogP contribution in [0.3, 0.4) is 0 Å². The second kappa shape index (κ2) is 7.60. The van der Waals surface area contributed by atoms with E-state index < -0.39 is 17.6 Å². The number of rotatable bonds is 4. The average molecular weight is 438 g/mol. The molecule has 0 atom stereocenters.